The molecule has 0 saturated heterocycles. The maximum absolute atomic E-state index is 13.3. The highest BCUT2D eigenvalue weighted by atomic mass is 19.2. The van der Waals surface area contributed by atoms with E-state index in [9.17, 15) is 8.78 Å². The van der Waals surface area contributed by atoms with Gasteiger partial charge in [-0.2, -0.15) is 0 Å². The summed E-state index contributed by atoms with van der Waals surface area (Å²) in [6.45, 7) is 2.61. The van der Waals surface area contributed by atoms with E-state index >= 15 is 0 Å². The number of aryl methyl sites for hydroxylation is 1. The fourth-order valence-electron chi connectivity index (χ4n) is 1.59. The first kappa shape index (κ1) is 11.8. The van der Waals surface area contributed by atoms with E-state index in [1.807, 2.05) is 19.1 Å². The second-order valence-electron chi connectivity index (χ2n) is 3.83. The summed E-state index contributed by atoms with van der Waals surface area (Å²) >= 11 is 0. The van der Waals surface area contributed by atoms with E-state index in [1.165, 1.54) is 6.07 Å². The number of rotatable bonds is 4. The van der Waals surface area contributed by atoms with Gasteiger partial charge in [0, 0.05) is 12.1 Å². The molecule has 0 atom stereocenters. The molecule has 0 radical (unpaired) electrons. The summed E-state index contributed by atoms with van der Waals surface area (Å²) in [5.74, 6) is -0.00758. The number of hydrogen-bond donors (Lipinski definition) is 1. The molecular formula is C13H13F2NO. The van der Waals surface area contributed by atoms with Crippen molar-refractivity contribution in [1.82, 2.24) is 5.32 Å². The van der Waals surface area contributed by atoms with E-state index in [1.54, 1.807) is 6.07 Å². The van der Waals surface area contributed by atoms with Gasteiger partial charge in [-0.3, -0.25) is 0 Å². The molecule has 0 aliphatic rings. The molecule has 2 nitrogen and oxygen atoms in total. The maximum atomic E-state index is 13.3. The number of halogens is 2. The largest absolute Gasteiger partial charge is 0.465 e. The predicted molar refractivity (Wildman–Crippen MR) is 60.3 cm³/mol. The highest BCUT2D eigenvalue weighted by Crippen LogP contribution is 2.11. The van der Waals surface area contributed by atoms with E-state index in [-0.39, 0.29) is 6.54 Å². The third kappa shape index (κ3) is 2.91. The second kappa shape index (κ2) is 5.10. The van der Waals surface area contributed by atoms with Gasteiger partial charge in [-0.05, 0) is 25.1 Å². The van der Waals surface area contributed by atoms with Gasteiger partial charge in [0.15, 0.2) is 11.6 Å². The van der Waals surface area contributed by atoms with E-state index in [0.717, 1.165) is 17.6 Å². The Morgan fingerprint density at radius 2 is 1.94 bits per heavy atom. The van der Waals surface area contributed by atoms with Crippen LogP contribution in [0.25, 0.3) is 0 Å². The molecule has 0 saturated carbocycles. The minimum atomic E-state index is -0.821. The van der Waals surface area contributed by atoms with Crippen LogP contribution in [0.5, 0.6) is 0 Å². The normalized spacial score (nSPS) is 10.8. The van der Waals surface area contributed by atoms with Crippen LogP contribution in [-0.2, 0) is 13.1 Å². The summed E-state index contributed by atoms with van der Waals surface area (Å²) in [6.07, 6.45) is 0. The smallest absolute Gasteiger partial charge is 0.163 e. The molecule has 4 heteroatoms. The number of hydrogen-bond acceptors (Lipinski definition) is 2. The minimum Gasteiger partial charge on any atom is -0.465 e. The Labute approximate surface area is 98.3 Å². The molecule has 0 unspecified atom stereocenters. The zero-order valence-electron chi connectivity index (χ0n) is 9.47. The Bertz CT molecular complexity index is 508. The van der Waals surface area contributed by atoms with Gasteiger partial charge in [0.05, 0.1) is 6.54 Å². The fraction of sp³-hybridized carbons (Fsp3) is 0.231. The van der Waals surface area contributed by atoms with Crippen molar-refractivity contribution >= 4 is 0 Å². The topological polar surface area (TPSA) is 25.2 Å². The van der Waals surface area contributed by atoms with Crippen LogP contribution < -0.4 is 5.32 Å². The molecule has 1 heterocycles. The third-order valence-electron chi connectivity index (χ3n) is 2.44. The Morgan fingerprint density at radius 1 is 1.12 bits per heavy atom. The maximum Gasteiger partial charge on any atom is 0.163 e. The minimum absolute atomic E-state index is 0.267. The molecule has 0 fully saturated rings. The van der Waals surface area contributed by atoms with Crippen LogP contribution in [0.3, 0.4) is 0 Å². The fourth-order valence-corrected chi connectivity index (χ4v) is 1.59. The molecule has 0 amide bonds. The van der Waals surface area contributed by atoms with E-state index in [2.05, 4.69) is 5.32 Å². The summed E-state index contributed by atoms with van der Waals surface area (Å²) in [6, 6.07) is 7.87. The van der Waals surface area contributed by atoms with Crippen molar-refractivity contribution in [2.24, 2.45) is 0 Å². The number of nitrogens with one attached hydrogen (secondary N) is 1. The highest BCUT2D eigenvalue weighted by Gasteiger charge is 2.07. The third-order valence-corrected chi connectivity index (χ3v) is 2.44. The van der Waals surface area contributed by atoms with Gasteiger partial charge in [-0.25, -0.2) is 8.78 Å². The summed E-state index contributed by atoms with van der Waals surface area (Å²) in [5.41, 5.74) is 0.313. The van der Waals surface area contributed by atoms with Crippen LogP contribution in [0, 0.1) is 18.6 Å². The molecule has 90 valence electrons. The van der Waals surface area contributed by atoms with Gasteiger partial charge in [-0.1, -0.05) is 12.1 Å². The molecule has 2 aromatic rings. The van der Waals surface area contributed by atoms with Crippen LogP contribution >= 0.6 is 0 Å². The van der Waals surface area contributed by atoms with Gasteiger partial charge in [0.2, 0.25) is 0 Å². The molecule has 0 aliphatic heterocycles. The van der Waals surface area contributed by atoms with E-state index < -0.39 is 11.6 Å². The highest BCUT2D eigenvalue weighted by molar-refractivity contribution is 5.18. The lowest BCUT2D eigenvalue weighted by Gasteiger charge is -2.04. The first-order valence-electron chi connectivity index (χ1n) is 5.36. The SMILES string of the molecule is Cc1ccc(CNCc2cccc(F)c2F)o1. The lowest BCUT2D eigenvalue weighted by atomic mass is 10.2. The Morgan fingerprint density at radius 3 is 2.65 bits per heavy atom. The second-order valence-corrected chi connectivity index (χ2v) is 3.83. The molecular weight excluding hydrogens is 224 g/mol. The molecule has 0 spiro atoms. The molecule has 0 bridgehead atoms. The summed E-state index contributed by atoms with van der Waals surface area (Å²) in [5, 5.41) is 3.00. The summed E-state index contributed by atoms with van der Waals surface area (Å²) < 4.78 is 31.5. The van der Waals surface area contributed by atoms with Gasteiger partial charge in [0.25, 0.3) is 0 Å². The van der Waals surface area contributed by atoms with Crippen LogP contribution in [0.2, 0.25) is 0 Å². The Kier molecular flexibility index (Phi) is 3.54. The Hall–Kier alpha value is -1.68. The molecule has 0 aliphatic carbocycles. The summed E-state index contributed by atoms with van der Waals surface area (Å²) in [7, 11) is 0. The first-order chi connectivity index (χ1) is 8.16. The van der Waals surface area contributed by atoms with Crippen molar-refractivity contribution in [3.05, 3.63) is 59.1 Å². The predicted octanol–water partition coefficient (Wildman–Crippen LogP) is 3.16. The molecule has 2 rings (SSSR count). The van der Waals surface area contributed by atoms with Crippen molar-refractivity contribution in [1.29, 1.82) is 0 Å². The zero-order chi connectivity index (χ0) is 12.3. The van der Waals surface area contributed by atoms with E-state index in [4.69, 9.17) is 4.42 Å². The standard InChI is InChI=1S/C13H13F2NO/c1-9-5-6-11(17-9)8-16-7-10-3-2-4-12(14)13(10)15/h2-6,16H,7-8H2,1H3. The van der Waals surface area contributed by atoms with Crippen LogP contribution in [-0.4, -0.2) is 0 Å². The lowest BCUT2D eigenvalue weighted by molar-refractivity contribution is 0.455. The van der Waals surface area contributed by atoms with Crippen molar-refractivity contribution in [2.75, 3.05) is 0 Å². The van der Waals surface area contributed by atoms with Crippen molar-refractivity contribution < 1.29 is 13.2 Å². The lowest BCUT2D eigenvalue weighted by Crippen LogP contribution is -2.13. The zero-order valence-corrected chi connectivity index (χ0v) is 9.47. The molecule has 1 N–H and O–H groups in total. The molecule has 1 aromatic heterocycles. The molecule has 17 heavy (non-hydrogen) atoms. The van der Waals surface area contributed by atoms with Crippen molar-refractivity contribution in [3.63, 3.8) is 0 Å². The average molecular weight is 237 g/mol. The van der Waals surface area contributed by atoms with Gasteiger partial charge in [-0.15, -0.1) is 0 Å². The average Bonchev–Trinajstić information content (AvgIpc) is 2.70. The van der Waals surface area contributed by atoms with Crippen LogP contribution in [0.15, 0.2) is 34.7 Å². The number of benzene rings is 1. The monoisotopic (exact) mass is 237 g/mol. The summed E-state index contributed by atoms with van der Waals surface area (Å²) in [4.78, 5) is 0. The van der Waals surface area contributed by atoms with Gasteiger partial charge < -0.3 is 9.73 Å². The van der Waals surface area contributed by atoms with Crippen molar-refractivity contribution in [2.45, 2.75) is 20.0 Å². The van der Waals surface area contributed by atoms with E-state index in [0.29, 0.717) is 12.1 Å². The Balaban J connectivity index is 1.92. The van der Waals surface area contributed by atoms with Crippen molar-refractivity contribution in [3.8, 4) is 0 Å². The number of furan rings is 1. The van der Waals surface area contributed by atoms with Crippen LogP contribution in [0.1, 0.15) is 17.1 Å². The van der Waals surface area contributed by atoms with Crippen LogP contribution in [0.4, 0.5) is 8.78 Å². The first-order valence-corrected chi connectivity index (χ1v) is 5.36. The molecule has 1 aromatic carbocycles. The van der Waals surface area contributed by atoms with Gasteiger partial charge >= 0.3 is 0 Å². The van der Waals surface area contributed by atoms with Gasteiger partial charge in [0.1, 0.15) is 11.5 Å². The quantitative estimate of drug-likeness (QED) is 0.883.